The maximum Gasteiger partial charge on any atom is 0.0718 e. The minimum atomic E-state index is 0.590. The highest BCUT2D eigenvalue weighted by molar-refractivity contribution is 6.17. The monoisotopic (exact) mass is 358 g/mol. The van der Waals surface area contributed by atoms with Crippen LogP contribution in [-0.4, -0.2) is 52.1 Å². The fraction of sp³-hybridized carbons (Fsp3) is 0.684. The number of benzene rings is 1. The predicted molar refractivity (Wildman–Crippen MR) is 97.7 cm³/mol. The highest BCUT2D eigenvalue weighted by Crippen LogP contribution is 2.01. The third kappa shape index (κ3) is 13.8. The topological polar surface area (TPSA) is 36.9 Å². The summed E-state index contributed by atoms with van der Waals surface area (Å²) in [5.74, 6) is 0.760. The number of alkyl halides is 1. The molecule has 0 aliphatic rings. The fourth-order valence-electron chi connectivity index (χ4n) is 2.08. The minimum Gasteiger partial charge on any atom is -0.379 e. The molecule has 138 valence electrons. The van der Waals surface area contributed by atoms with Crippen LogP contribution in [0.1, 0.15) is 31.2 Å². The second-order valence-corrected chi connectivity index (χ2v) is 5.86. The highest BCUT2D eigenvalue weighted by atomic mass is 35.5. The molecule has 0 aliphatic heterocycles. The van der Waals surface area contributed by atoms with E-state index in [2.05, 4.69) is 12.1 Å². The van der Waals surface area contributed by atoms with Crippen LogP contribution in [0.5, 0.6) is 0 Å². The molecule has 1 aromatic carbocycles. The number of halogens is 1. The summed E-state index contributed by atoms with van der Waals surface area (Å²) in [7, 11) is 0. The summed E-state index contributed by atoms with van der Waals surface area (Å²) in [6, 6.07) is 10.1. The molecule has 0 spiro atoms. The Morgan fingerprint density at radius 1 is 0.583 bits per heavy atom. The molecule has 1 aromatic rings. The van der Waals surface area contributed by atoms with Crippen LogP contribution < -0.4 is 0 Å². The summed E-state index contributed by atoms with van der Waals surface area (Å²) in [4.78, 5) is 0. The number of hydrogen-bond donors (Lipinski definition) is 0. The van der Waals surface area contributed by atoms with E-state index in [4.69, 9.17) is 30.5 Å². The molecule has 4 nitrogen and oxygen atoms in total. The van der Waals surface area contributed by atoms with Crippen LogP contribution in [0.4, 0.5) is 0 Å². The molecule has 5 heteroatoms. The molecule has 24 heavy (non-hydrogen) atoms. The van der Waals surface area contributed by atoms with Gasteiger partial charge in [0.2, 0.25) is 0 Å². The number of rotatable bonds is 17. The Labute approximate surface area is 151 Å². The minimum absolute atomic E-state index is 0.590. The van der Waals surface area contributed by atoms with Gasteiger partial charge in [0.05, 0.1) is 46.2 Å². The van der Waals surface area contributed by atoms with E-state index in [-0.39, 0.29) is 0 Å². The lowest BCUT2D eigenvalue weighted by Gasteiger charge is -2.07. The lowest BCUT2D eigenvalue weighted by atomic mass is 10.2. The SMILES string of the molecule is ClCCCCCCOCCOCCOCCOCc1ccccc1. The molecule has 0 fully saturated rings. The van der Waals surface area contributed by atoms with Crippen molar-refractivity contribution in [2.24, 2.45) is 0 Å². The summed E-state index contributed by atoms with van der Waals surface area (Å²) in [6.45, 7) is 5.08. The van der Waals surface area contributed by atoms with Crippen molar-refractivity contribution in [1.82, 2.24) is 0 Å². The molecule has 0 radical (unpaired) electrons. The smallest absolute Gasteiger partial charge is 0.0718 e. The molecule has 0 unspecified atom stereocenters. The summed E-state index contributed by atoms with van der Waals surface area (Å²) >= 11 is 5.62. The fourth-order valence-corrected chi connectivity index (χ4v) is 2.27. The Hall–Kier alpha value is -0.650. The van der Waals surface area contributed by atoms with Crippen LogP contribution >= 0.6 is 11.6 Å². The van der Waals surface area contributed by atoms with Gasteiger partial charge in [-0.2, -0.15) is 0 Å². The maximum atomic E-state index is 5.62. The van der Waals surface area contributed by atoms with Gasteiger partial charge >= 0.3 is 0 Å². The van der Waals surface area contributed by atoms with Crippen molar-refractivity contribution in [3.8, 4) is 0 Å². The van der Waals surface area contributed by atoms with Gasteiger partial charge in [-0.05, 0) is 18.4 Å². The van der Waals surface area contributed by atoms with E-state index in [1.807, 2.05) is 18.2 Å². The zero-order chi connectivity index (χ0) is 17.1. The van der Waals surface area contributed by atoms with Crippen molar-refractivity contribution >= 4 is 11.6 Å². The van der Waals surface area contributed by atoms with Crippen molar-refractivity contribution in [3.63, 3.8) is 0 Å². The summed E-state index contributed by atoms with van der Waals surface area (Å²) < 4.78 is 21.9. The van der Waals surface area contributed by atoms with Crippen LogP contribution in [0.15, 0.2) is 30.3 Å². The molecule has 0 saturated heterocycles. The van der Waals surface area contributed by atoms with E-state index in [9.17, 15) is 0 Å². The lowest BCUT2D eigenvalue weighted by Crippen LogP contribution is -2.12. The zero-order valence-electron chi connectivity index (χ0n) is 14.6. The van der Waals surface area contributed by atoms with Crippen molar-refractivity contribution in [2.45, 2.75) is 32.3 Å². The molecule has 0 atom stereocenters. The van der Waals surface area contributed by atoms with E-state index < -0.39 is 0 Å². The molecular weight excluding hydrogens is 328 g/mol. The third-order valence-corrected chi connectivity index (χ3v) is 3.67. The molecule has 0 N–H and O–H groups in total. The largest absolute Gasteiger partial charge is 0.379 e. The molecule has 0 aromatic heterocycles. The highest BCUT2D eigenvalue weighted by Gasteiger charge is 1.94. The van der Waals surface area contributed by atoms with Crippen LogP contribution in [0.25, 0.3) is 0 Å². The van der Waals surface area contributed by atoms with Crippen molar-refractivity contribution in [2.75, 3.05) is 52.1 Å². The van der Waals surface area contributed by atoms with Crippen LogP contribution in [0.3, 0.4) is 0 Å². The van der Waals surface area contributed by atoms with Gasteiger partial charge in [0, 0.05) is 12.5 Å². The predicted octanol–water partition coefficient (Wildman–Crippen LogP) is 4.05. The van der Waals surface area contributed by atoms with Crippen molar-refractivity contribution < 1.29 is 18.9 Å². The van der Waals surface area contributed by atoms with E-state index in [1.165, 1.54) is 18.4 Å². The van der Waals surface area contributed by atoms with Crippen molar-refractivity contribution in [3.05, 3.63) is 35.9 Å². The van der Waals surface area contributed by atoms with Crippen LogP contribution in [0.2, 0.25) is 0 Å². The van der Waals surface area contributed by atoms with Gasteiger partial charge in [-0.25, -0.2) is 0 Å². The molecule has 1 rings (SSSR count). The summed E-state index contributed by atoms with van der Waals surface area (Å²) in [5.41, 5.74) is 1.18. The van der Waals surface area contributed by atoms with Gasteiger partial charge < -0.3 is 18.9 Å². The van der Waals surface area contributed by atoms with Gasteiger partial charge in [0.15, 0.2) is 0 Å². The summed E-state index contributed by atoms with van der Waals surface area (Å²) in [5, 5.41) is 0. The van der Waals surface area contributed by atoms with Gasteiger partial charge in [-0.15, -0.1) is 11.6 Å². The third-order valence-electron chi connectivity index (χ3n) is 3.40. The first-order valence-electron chi connectivity index (χ1n) is 8.84. The lowest BCUT2D eigenvalue weighted by molar-refractivity contribution is -0.00439. The van der Waals surface area contributed by atoms with Gasteiger partial charge in [-0.1, -0.05) is 43.2 Å². The zero-order valence-corrected chi connectivity index (χ0v) is 15.3. The van der Waals surface area contributed by atoms with E-state index >= 15 is 0 Å². The van der Waals surface area contributed by atoms with E-state index in [0.29, 0.717) is 46.2 Å². The average molecular weight is 359 g/mol. The van der Waals surface area contributed by atoms with Gasteiger partial charge in [0.1, 0.15) is 0 Å². The molecule has 0 saturated carbocycles. The second kappa shape index (κ2) is 17.2. The second-order valence-electron chi connectivity index (χ2n) is 5.48. The quantitative estimate of drug-likeness (QED) is 0.311. The molecule has 0 amide bonds. The Bertz CT molecular complexity index is 362. The number of unbranched alkanes of at least 4 members (excludes halogenated alkanes) is 3. The number of ether oxygens (including phenoxy) is 4. The van der Waals surface area contributed by atoms with Crippen LogP contribution in [0, 0.1) is 0 Å². The van der Waals surface area contributed by atoms with Gasteiger partial charge in [-0.3, -0.25) is 0 Å². The molecule has 0 heterocycles. The standard InChI is InChI=1S/C19H31ClO4/c20-10-6-1-2-7-11-21-12-13-22-14-15-23-16-17-24-18-19-8-4-3-5-9-19/h3-5,8-9H,1-2,6-7,10-18H2. The molecular formula is C19H31ClO4. The van der Waals surface area contributed by atoms with Crippen LogP contribution in [-0.2, 0) is 25.6 Å². The number of hydrogen-bond acceptors (Lipinski definition) is 4. The first kappa shape index (κ1) is 21.4. The first-order valence-corrected chi connectivity index (χ1v) is 9.38. The Balaban J connectivity index is 1.70. The normalized spacial score (nSPS) is 11.0. The van der Waals surface area contributed by atoms with E-state index in [1.54, 1.807) is 0 Å². The summed E-state index contributed by atoms with van der Waals surface area (Å²) in [6.07, 6.45) is 4.58. The molecule has 0 aliphatic carbocycles. The maximum absolute atomic E-state index is 5.62. The molecule has 0 bridgehead atoms. The Kier molecular flexibility index (Phi) is 15.3. The average Bonchev–Trinajstić information content (AvgIpc) is 2.62. The van der Waals surface area contributed by atoms with Gasteiger partial charge in [0.25, 0.3) is 0 Å². The Morgan fingerprint density at radius 3 is 1.75 bits per heavy atom. The first-order chi connectivity index (χ1) is 11.9. The Morgan fingerprint density at radius 2 is 1.12 bits per heavy atom. The van der Waals surface area contributed by atoms with Crippen molar-refractivity contribution in [1.29, 1.82) is 0 Å². The van der Waals surface area contributed by atoms with E-state index in [0.717, 1.165) is 25.3 Å².